The molecule has 3 rings (SSSR count). The molecule has 0 saturated heterocycles. The van der Waals surface area contributed by atoms with E-state index >= 15 is 0 Å². The number of benzene rings is 2. The van der Waals surface area contributed by atoms with E-state index in [0.717, 1.165) is 17.4 Å². The summed E-state index contributed by atoms with van der Waals surface area (Å²) >= 11 is 0. The summed E-state index contributed by atoms with van der Waals surface area (Å²) in [4.78, 5) is 34.8. The lowest BCUT2D eigenvalue weighted by molar-refractivity contribution is -0.122. The van der Waals surface area contributed by atoms with Gasteiger partial charge in [0.2, 0.25) is 11.7 Å². The summed E-state index contributed by atoms with van der Waals surface area (Å²) in [5, 5.41) is 18.7. The highest BCUT2D eigenvalue weighted by molar-refractivity contribution is 5.96. The van der Waals surface area contributed by atoms with Gasteiger partial charge in [0.25, 0.3) is 0 Å². The van der Waals surface area contributed by atoms with Gasteiger partial charge in [-0.05, 0) is 12.5 Å². The minimum Gasteiger partial charge on any atom is -0.379 e. The Morgan fingerprint density at radius 2 is 1.24 bits per heavy atom. The van der Waals surface area contributed by atoms with Crippen LogP contribution < -0.4 is 5.32 Å². The van der Waals surface area contributed by atoms with Gasteiger partial charge in [-0.25, -0.2) is 0 Å². The number of nitrogens with zero attached hydrogens (tertiary/aromatic N) is 4. The summed E-state index contributed by atoms with van der Waals surface area (Å²) in [5.41, 5.74) is 2.85. The van der Waals surface area contributed by atoms with Crippen LogP contribution in [0.25, 0.3) is 11.4 Å². The molecule has 0 atom stereocenters. The number of ether oxygens (including phenoxy) is 4. The molecular formula is C29H35N5O7. The van der Waals surface area contributed by atoms with Gasteiger partial charge >= 0.3 is 0 Å². The lowest BCUT2D eigenvalue weighted by Gasteiger charge is -2.08. The van der Waals surface area contributed by atoms with Gasteiger partial charge in [0.1, 0.15) is 6.29 Å². The maximum absolute atomic E-state index is 12.1. The van der Waals surface area contributed by atoms with E-state index in [-0.39, 0.29) is 24.5 Å². The van der Waals surface area contributed by atoms with E-state index < -0.39 is 0 Å². The molecule has 3 aromatic rings. The first-order chi connectivity index (χ1) is 20.0. The maximum atomic E-state index is 12.1. The molecule has 0 radical (unpaired) electrons. The maximum Gasteiger partial charge on any atom is 0.222 e. The van der Waals surface area contributed by atoms with Gasteiger partial charge in [0, 0.05) is 36.1 Å². The number of aromatic nitrogens is 4. The second-order valence-corrected chi connectivity index (χ2v) is 8.86. The number of rotatable bonds is 20. The summed E-state index contributed by atoms with van der Waals surface area (Å²) in [5.74, 6) is 0.831. The predicted octanol–water partition coefficient (Wildman–Crippen LogP) is 2.40. The molecule has 0 fully saturated rings. The number of nitrogens with one attached hydrogen (secondary N) is 1. The molecular weight excluding hydrogens is 530 g/mol. The first-order valence-electron chi connectivity index (χ1n) is 13.3. The average Bonchev–Trinajstić information content (AvgIpc) is 3.00. The third-order valence-electron chi connectivity index (χ3n) is 5.71. The molecule has 41 heavy (non-hydrogen) atoms. The zero-order valence-electron chi connectivity index (χ0n) is 23.1. The van der Waals surface area contributed by atoms with Gasteiger partial charge in [-0.15, -0.1) is 20.4 Å². The largest absolute Gasteiger partial charge is 0.379 e. The lowest BCUT2D eigenvalue weighted by Crippen LogP contribution is -2.24. The zero-order chi connectivity index (χ0) is 29.1. The van der Waals surface area contributed by atoms with Crippen LogP contribution in [0.3, 0.4) is 0 Å². The third kappa shape index (κ3) is 12.4. The van der Waals surface area contributed by atoms with Gasteiger partial charge in [-0.1, -0.05) is 48.5 Å². The van der Waals surface area contributed by atoms with Crippen LogP contribution in [-0.2, 0) is 30.3 Å². The van der Waals surface area contributed by atoms with Gasteiger partial charge in [0.15, 0.2) is 11.6 Å². The van der Waals surface area contributed by atoms with Crippen molar-refractivity contribution in [1.29, 1.82) is 0 Å². The Bertz CT molecular complexity index is 1210. The Hall–Kier alpha value is -3.97. The predicted molar refractivity (Wildman–Crippen MR) is 148 cm³/mol. The lowest BCUT2D eigenvalue weighted by atomic mass is 10.1. The van der Waals surface area contributed by atoms with Crippen molar-refractivity contribution < 1.29 is 33.3 Å². The molecule has 12 heteroatoms. The van der Waals surface area contributed by atoms with E-state index in [4.69, 9.17) is 18.9 Å². The van der Waals surface area contributed by atoms with E-state index in [0.29, 0.717) is 82.2 Å². The van der Waals surface area contributed by atoms with E-state index in [1.807, 2.05) is 24.3 Å². The van der Waals surface area contributed by atoms with Crippen molar-refractivity contribution in [3.05, 3.63) is 71.0 Å². The highest BCUT2D eigenvalue weighted by atomic mass is 16.6. The normalized spacial score (nSPS) is 10.9. The number of hydrogen-bond donors (Lipinski definition) is 1. The molecule has 2 aromatic carbocycles. The van der Waals surface area contributed by atoms with Crippen molar-refractivity contribution in [3.63, 3.8) is 0 Å². The van der Waals surface area contributed by atoms with Crippen LogP contribution in [0.5, 0.6) is 0 Å². The highest BCUT2D eigenvalue weighted by Crippen LogP contribution is 2.14. The van der Waals surface area contributed by atoms with Crippen molar-refractivity contribution in [2.45, 2.75) is 26.3 Å². The Morgan fingerprint density at radius 1 is 0.707 bits per heavy atom. The van der Waals surface area contributed by atoms with Crippen LogP contribution >= 0.6 is 0 Å². The van der Waals surface area contributed by atoms with Crippen LogP contribution in [-0.4, -0.2) is 91.2 Å². The number of carbonyl (C=O) groups is 3. The highest BCUT2D eigenvalue weighted by Gasteiger charge is 2.07. The molecule has 1 heterocycles. The van der Waals surface area contributed by atoms with E-state index in [2.05, 4.69) is 25.7 Å². The molecule has 1 N–H and O–H groups in total. The molecule has 0 unspecified atom stereocenters. The minimum absolute atomic E-state index is 0.0348. The fourth-order valence-electron chi connectivity index (χ4n) is 3.44. The SMILES string of the molecule is Cc1nnc(-c2ccc(CNC(=O)CCOCCOCCOCCOCCC(=O)c3ccc(C=O)cc3)cc2)nn1. The Morgan fingerprint density at radius 3 is 1.80 bits per heavy atom. The fourth-order valence-corrected chi connectivity index (χ4v) is 3.44. The summed E-state index contributed by atoms with van der Waals surface area (Å²) in [6.45, 7) is 5.14. The number of aryl methyl sites for hydroxylation is 1. The zero-order valence-corrected chi connectivity index (χ0v) is 23.1. The number of aldehydes is 1. The molecule has 0 aliphatic rings. The van der Waals surface area contributed by atoms with Crippen molar-refractivity contribution in [1.82, 2.24) is 25.7 Å². The Balaban J connectivity index is 1.09. The first kappa shape index (κ1) is 31.6. The number of ketones is 1. The van der Waals surface area contributed by atoms with Crippen LogP contribution in [0, 0.1) is 6.92 Å². The Labute approximate surface area is 238 Å². The molecule has 0 spiro atoms. The Kier molecular flexibility index (Phi) is 14.2. The monoisotopic (exact) mass is 565 g/mol. The molecule has 0 aliphatic carbocycles. The quantitative estimate of drug-likeness (QED) is 0.122. The van der Waals surface area contributed by atoms with E-state index in [9.17, 15) is 14.4 Å². The summed E-state index contributed by atoms with van der Waals surface area (Å²) in [6, 6.07) is 14.0. The van der Waals surface area contributed by atoms with E-state index in [1.54, 1.807) is 31.2 Å². The molecule has 1 aromatic heterocycles. The minimum atomic E-state index is -0.0986. The topological polar surface area (TPSA) is 152 Å². The van der Waals surface area contributed by atoms with Gasteiger partial charge in [-0.3, -0.25) is 14.4 Å². The van der Waals surface area contributed by atoms with E-state index in [1.165, 1.54) is 0 Å². The van der Waals surface area contributed by atoms with Crippen LogP contribution in [0.15, 0.2) is 48.5 Å². The summed E-state index contributed by atoms with van der Waals surface area (Å²) in [7, 11) is 0. The van der Waals surface area contributed by atoms with Crippen molar-refractivity contribution in [2.24, 2.45) is 0 Å². The van der Waals surface area contributed by atoms with Gasteiger partial charge < -0.3 is 24.3 Å². The van der Waals surface area contributed by atoms with Crippen LogP contribution in [0.4, 0.5) is 0 Å². The number of amides is 1. The second kappa shape index (κ2) is 18.4. The molecule has 1 amide bonds. The van der Waals surface area contributed by atoms with Gasteiger partial charge in [-0.2, -0.15) is 0 Å². The fraction of sp³-hybridized carbons (Fsp3) is 0.414. The smallest absolute Gasteiger partial charge is 0.222 e. The first-order valence-corrected chi connectivity index (χ1v) is 13.3. The van der Waals surface area contributed by atoms with Crippen molar-refractivity contribution >= 4 is 18.0 Å². The summed E-state index contributed by atoms with van der Waals surface area (Å²) in [6.07, 6.45) is 1.26. The third-order valence-corrected chi connectivity index (χ3v) is 5.71. The number of carbonyl (C=O) groups excluding carboxylic acids is 3. The standard InChI is InChI=1S/C29H35N5O7/c1-22-31-33-29(34-32-22)26-8-2-23(3-9-26)20-30-28(37)11-13-39-15-17-41-19-18-40-16-14-38-12-10-27(36)25-6-4-24(21-35)5-7-25/h2-9,21H,10-20H2,1H3,(H,30,37). The molecule has 0 saturated carbocycles. The second-order valence-electron chi connectivity index (χ2n) is 8.86. The molecule has 218 valence electrons. The molecule has 0 bridgehead atoms. The average molecular weight is 566 g/mol. The van der Waals surface area contributed by atoms with Crippen LogP contribution in [0.1, 0.15) is 44.9 Å². The molecule has 12 nitrogen and oxygen atoms in total. The number of hydrogen-bond acceptors (Lipinski definition) is 11. The van der Waals surface area contributed by atoms with Crippen LogP contribution in [0.2, 0.25) is 0 Å². The van der Waals surface area contributed by atoms with Gasteiger partial charge in [0.05, 0.1) is 52.9 Å². The van der Waals surface area contributed by atoms with Crippen molar-refractivity contribution in [3.8, 4) is 11.4 Å². The van der Waals surface area contributed by atoms with Crippen molar-refractivity contribution in [2.75, 3.05) is 52.9 Å². The summed E-state index contributed by atoms with van der Waals surface area (Å²) < 4.78 is 21.8. The number of Topliss-reactive ketones (excluding diaryl/α,β-unsaturated/α-hetero) is 1. The molecule has 0 aliphatic heterocycles.